The first-order valence-corrected chi connectivity index (χ1v) is 7.22. The van der Waals surface area contributed by atoms with Crippen LogP contribution in [0.2, 0.25) is 0 Å². The van der Waals surface area contributed by atoms with Crippen molar-refractivity contribution in [3.8, 4) is 0 Å². The Morgan fingerprint density at radius 3 is 2.69 bits per heavy atom. The Kier molecular flexibility index (Phi) is 4.00. The second kappa shape index (κ2) is 5.29. The maximum atomic E-state index is 4.43. The van der Waals surface area contributed by atoms with Gasteiger partial charge < -0.3 is 5.32 Å². The molecular weight excluding hydrogens is 352 g/mol. The van der Waals surface area contributed by atoms with Gasteiger partial charge in [-0.3, -0.25) is 0 Å². The standard InChI is InChI=1S/C11H10Br2N2S/c1-7-8(12)2-3-11(15-7)14-6-10-9(13)4-5-16-10/h2-5H,6H2,1H3,(H,14,15). The molecule has 0 saturated heterocycles. The van der Waals surface area contributed by atoms with Gasteiger partial charge in [0, 0.05) is 13.8 Å². The van der Waals surface area contributed by atoms with Crippen LogP contribution in [0.4, 0.5) is 5.82 Å². The van der Waals surface area contributed by atoms with Gasteiger partial charge in [-0.2, -0.15) is 0 Å². The highest BCUT2D eigenvalue weighted by Crippen LogP contribution is 2.23. The summed E-state index contributed by atoms with van der Waals surface area (Å²) in [5, 5.41) is 5.38. The summed E-state index contributed by atoms with van der Waals surface area (Å²) in [5.74, 6) is 0.904. The highest BCUT2D eigenvalue weighted by molar-refractivity contribution is 9.10. The maximum Gasteiger partial charge on any atom is 0.126 e. The molecule has 0 bridgehead atoms. The molecule has 0 amide bonds. The number of pyridine rings is 1. The third kappa shape index (κ3) is 2.84. The first kappa shape index (κ1) is 12.1. The van der Waals surface area contributed by atoms with Crippen LogP contribution in [0.25, 0.3) is 0 Å². The number of thiophene rings is 1. The minimum absolute atomic E-state index is 0.798. The highest BCUT2D eigenvalue weighted by atomic mass is 79.9. The Bertz CT molecular complexity index is 496. The van der Waals surface area contributed by atoms with E-state index in [1.165, 1.54) is 4.88 Å². The van der Waals surface area contributed by atoms with E-state index in [1.54, 1.807) is 11.3 Å². The summed E-state index contributed by atoms with van der Waals surface area (Å²) >= 11 is 8.67. The molecule has 0 aliphatic carbocycles. The van der Waals surface area contributed by atoms with Gasteiger partial charge in [-0.15, -0.1) is 11.3 Å². The zero-order chi connectivity index (χ0) is 11.5. The number of nitrogens with zero attached hydrogens (tertiary/aromatic N) is 1. The smallest absolute Gasteiger partial charge is 0.126 e. The van der Waals surface area contributed by atoms with Crippen molar-refractivity contribution in [3.05, 3.63) is 43.1 Å². The van der Waals surface area contributed by atoms with Gasteiger partial charge in [0.15, 0.2) is 0 Å². The number of rotatable bonds is 3. The Morgan fingerprint density at radius 2 is 2.06 bits per heavy atom. The third-order valence-electron chi connectivity index (χ3n) is 2.14. The molecule has 0 fully saturated rings. The van der Waals surface area contributed by atoms with Gasteiger partial charge in [0.1, 0.15) is 5.82 Å². The molecular formula is C11H10Br2N2S. The molecule has 0 atom stereocenters. The second-order valence-electron chi connectivity index (χ2n) is 3.31. The number of hydrogen-bond acceptors (Lipinski definition) is 3. The van der Waals surface area contributed by atoms with E-state index in [4.69, 9.17) is 0 Å². The Morgan fingerprint density at radius 1 is 1.25 bits per heavy atom. The Labute approximate surface area is 115 Å². The lowest BCUT2D eigenvalue weighted by atomic mass is 10.3. The van der Waals surface area contributed by atoms with Crippen molar-refractivity contribution >= 4 is 49.0 Å². The summed E-state index contributed by atoms with van der Waals surface area (Å²) in [6.07, 6.45) is 0. The molecule has 2 aromatic heterocycles. The summed E-state index contributed by atoms with van der Waals surface area (Å²) < 4.78 is 2.19. The molecule has 2 rings (SSSR count). The van der Waals surface area contributed by atoms with Crippen LogP contribution in [0.3, 0.4) is 0 Å². The number of aryl methyl sites for hydroxylation is 1. The molecule has 0 aliphatic heterocycles. The van der Waals surface area contributed by atoms with Crippen LogP contribution in [0.1, 0.15) is 10.6 Å². The fourth-order valence-electron chi connectivity index (χ4n) is 1.26. The molecule has 0 unspecified atom stereocenters. The van der Waals surface area contributed by atoms with Crippen LogP contribution in [-0.4, -0.2) is 4.98 Å². The predicted octanol–water partition coefficient (Wildman–Crippen LogP) is 4.59. The number of anilines is 1. The van der Waals surface area contributed by atoms with Crippen LogP contribution in [0.15, 0.2) is 32.5 Å². The van der Waals surface area contributed by atoms with Crippen LogP contribution < -0.4 is 5.32 Å². The third-order valence-corrected chi connectivity index (χ3v) is 4.91. The van der Waals surface area contributed by atoms with E-state index in [0.29, 0.717) is 0 Å². The van der Waals surface area contributed by atoms with E-state index in [1.807, 2.05) is 19.1 Å². The van der Waals surface area contributed by atoms with Gasteiger partial charge >= 0.3 is 0 Å². The fourth-order valence-corrected chi connectivity index (χ4v) is 2.92. The molecule has 0 aliphatic rings. The molecule has 0 radical (unpaired) electrons. The van der Waals surface area contributed by atoms with Gasteiger partial charge in [-0.05, 0) is 62.4 Å². The van der Waals surface area contributed by atoms with Crippen LogP contribution >= 0.6 is 43.2 Å². The van der Waals surface area contributed by atoms with E-state index < -0.39 is 0 Å². The predicted molar refractivity (Wildman–Crippen MR) is 76.0 cm³/mol. The monoisotopic (exact) mass is 360 g/mol. The second-order valence-corrected chi connectivity index (χ2v) is 6.02. The van der Waals surface area contributed by atoms with E-state index in [-0.39, 0.29) is 0 Å². The molecule has 0 aromatic carbocycles. The average Bonchev–Trinajstić information content (AvgIpc) is 2.66. The van der Waals surface area contributed by atoms with Crippen molar-refractivity contribution in [1.29, 1.82) is 0 Å². The summed E-state index contributed by atoms with van der Waals surface area (Å²) in [4.78, 5) is 5.71. The quantitative estimate of drug-likeness (QED) is 0.864. The van der Waals surface area contributed by atoms with Crippen LogP contribution in [-0.2, 0) is 6.54 Å². The number of aromatic nitrogens is 1. The van der Waals surface area contributed by atoms with Crippen molar-refractivity contribution in [2.45, 2.75) is 13.5 Å². The zero-order valence-electron chi connectivity index (χ0n) is 8.63. The van der Waals surface area contributed by atoms with E-state index in [2.05, 4.69) is 53.6 Å². The molecule has 1 N–H and O–H groups in total. The lowest BCUT2D eigenvalue weighted by molar-refractivity contribution is 1.10. The van der Waals surface area contributed by atoms with Crippen molar-refractivity contribution in [3.63, 3.8) is 0 Å². The molecule has 2 nitrogen and oxygen atoms in total. The van der Waals surface area contributed by atoms with Crippen molar-refractivity contribution in [1.82, 2.24) is 4.98 Å². The molecule has 2 heterocycles. The molecule has 0 saturated carbocycles. The highest BCUT2D eigenvalue weighted by Gasteiger charge is 2.02. The van der Waals surface area contributed by atoms with E-state index in [9.17, 15) is 0 Å². The Balaban J connectivity index is 2.05. The van der Waals surface area contributed by atoms with Crippen molar-refractivity contribution < 1.29 is 0 Å². The molecule has 16 heavy (non-hydrogen) atoms. The molecule has 5 heteroatoms. The van der Waals surface area contributed by atoms with Gasteiger partial charge in [0.05, 0.1) is 12.2 Å². The SMILES string of the molecule is Cc1nc(NCc2sccc2Br)ccc1Br. The van der Waals surface area contributed by atoms with E-state index in [0.717, 1.165) is 27.0 Å². The average molecular weight is 362 g/mol. The van der Waals surface area contributed by atoms with Gasteiger partial charge in [0.25, 0.3) is 0 Å². The normalized spacial score (nSPS) is 10.4. The molecule has 2 aromatic rings. The van der Waals surface area contributed by atoms with E-state index >= 15 is 0 Å². The van der Waals surface area contributed by atoms with Crippen molar-refractivity contribution in [2.75, 3.05) is 5.32 Å². The van der Waals surface area contributed by atoms with Crippen LogP contribution in [0, 0.1) is 6.92 Å². The Hall–Kier alpha value is -0.390. The summed E-state index contributed by atoms with van der Waals surface area (Å²) in [5.41, 5.74) is 0.996. The first-order valence-electron chi connectivity index (χ1n) is 4.75. The summed E-state index contributed by atoms with van der Waals surface area (Å²) in [6.45, 7) is 2.78. The number of hydrogen-bond donors (Lipinski definition) is 1. The lowest BCUT2D eigenvalue weighted by Crippen LogP contribution is -2.01. The number of halogens is 2. The van der Waals surface area contributed by atoms with Crippen molar-refractivity contribution in [2.24, 2.45) is 0 Å². The molecule has 84 valence electrons. The topological polar surface area (TPSA) is 24.9 Å². The zero-order valence-corrected chi connectivity index (χ0v) is 12.6. The summed E-state index contributed by atoms with van der Waals surface area (Å²) in [7, 11) is 0. The first-order chi connectivity index (χ1) is 7.66. The lowest BCUT2D eigenvalue weighted by Gasteiger charge is -2.06. The largest absolute Gasteiger partial charge is 0.365 e. The minimum Gasteiger partial charge on any atom is -0.365 e. The number of nitrogens with one attached hydrogen (secondary N) is 1. The molecule has 0 spiro atoms. The maximum absolute atomic E-state index is 4.43. The van der Waals surface area contributed by atoms with Gasteiger partial charge in [0.2, 0.25) is 0 Å². The van der Waals surface area contributed by atoms with Gasteiger partial charge in [-0.25, -0.2) is 4.98 Å². The van der Waals surface area contributed by atoms with Crippen LogP contribution in [0.5, 0.6) is 0 Å². The fraction of sp³-hybridized carbons (Fsp3) is 0.182. The van der Waals surface area contributed by atoms with Gasteiger partial charge in [-0.1, -0.05) is 0 Å². The minimum atomic E-state index is 0.798. The summed E-state index contributed by atoms with van der Waals surface area (Å²) in [6, 6.07) is 6.04.